The van der Waals surface area contributed by atoms with Gasteiger partial charge in [-0.15, -0.1) is 5.53 Å². The van der Waals surface area contributed by atoms with Gasteiger partial charge in [0.1, 0.15) is 6.10 Å². The Balaban J connectivity index is 2.71. The molecule has 0 radical (unpaired) electrons. The summed E-state index contributed by atoms with van der Waals surface area (Å²) in [5, 5.41) is -2.94. The Labute approximate surface area is 134 Å². The minimum atomic E-state index is -3.78. The summed E-state index contributed by atoms with van der Waals surface area (Å²) in [4.78, 5) is 3.23. The molecule has 0 aliphatic heterocycles. The summed E-state index contributed by atoms with van der Waals surface area (Å²) >= 11 is 4.80. The van der Waals surface area contributed by atoms with Crippen molar-refractivity contribution in [2.75, 3.05) is 14.1 Å². The molecular weight excluding hydrogens is 347 g/mol. The standard InChI is InChI=1S/C12H16ClF5N4O/c1-4-8(14)9(23-7-5-11(15,16)6-7)22(3)21-20-10(19-2)12(13,17)18/h4,7,21H,1,5-6H2,2-3H3,(H,19,20)/b9-8-. The Morgan fingerprint density at radius 1 is 1.48 bits per heavy atom. The quantitative estimate of drug-likeness (QED) is 0.139. The third-order valence-corrected chi connectivity index (χ3v) is 3.03. The minimum absolute atomic E-state index is 0.499. The lowest BCUT2D eigenvalue weighted by Gasteiger charge is -2.37. The molecule has 0 aromatic heterocycles. The first-order valence-electron chi connectivity index (χ1n) is 6.36. The van der Waals surface area contributed by atoms with Gasteiger partial charge in [-0.1, -0.05) is 6.58 Å². The molecule has 11 heteroatoms. The molecule has 0 bridgehead atoms. The molecule has 0 spiro atoms. The highest BCUT2D eigenvalue weighted by Crippen LogP contribution is 2.40. The average molecular weight is 363 g/mol. The van der Waals surface area contributed by atoms with Crippen LogP contribution >= 0.6 is 11.6 Å². The molecular formula is C12H16ClF5N4O. The van der Waals surface area contributed by atoms with Crippen LogP contribution in [0.2, 0.25) is 0 Å². The summed E-state index contributed by atoms with van der Waals surface area (Å²) < 4.78 is 70.3. The fourth-order valence-corrected chi connectivity index (χ4v) is 1.80. The highest BCUT2D eigenvalue weighted by molar-refractivity contribution is 6.33. The summed E-state index contributed by atoms with van der Waals surface area (Å²) in [5.41, 5.74) is 4.13. The van der Waals surface area contributed by atoms with Gasteiger partial charge < -0.3 is 4.74 Å². The monoisotopic (exact) mass is 362 g/mol. The first-order chi connectivity index (χ1) is 10.5. The van der Waals surface area contributed by atoms with Crippen LogP contribution in [0.3, 0.4) is 0 Å². The lowest BCUT2D eigenvalue weighted by Crippen LogP contribution is -2.52. The van der Waals surface area contributed by atoms with Gasteiger partial charge in [0.15, 0.2) is 11.7 Å². The van der Waals surface area contributed by atoms with Gasteiger partial charge in [0.2, 0.25) is 5.88 Å². The molecule has 0 heterocycles. The number of hydrazine groups is 2. The molecule has 1 rings (SSSR count). The van der Waals surface area contributed by atoms with Gasteiger partial charge in [0.05, 0.1) is 0 Å². The molecule has 1 aliphatic carbocycles. The Morgan fingerprint density at radius 3 is 2.43 bits per heavy atom. The highest BCUT2D eigenvalue weighted by Gasteiger charge is 2.47. The Hall–Kier alpha value is -1.55. The summed E-state index contributed by atoms with van der Waals surface area (Å²) in [6.07, 6.45) is -1.24. The SMILES string of the molecule is C=C/C(F)=C(/OC1CC(F)(F)C1)N(C)NNC(=NC)C(F)(F)Cl. The van der Waals surface area contributed by atoms with Crippen molar-refractivity contribution < 1.29 is 26.7 Å². The molecule has 5 nitrogen and oxygen atoms in total. The fourth-order valence-electron chi connectivity index (χ4n) is 1.67. The first kappa shape index (κ1) is 19.5. The summed E-state index contributed by atoms with van der Waals surface area (Å²) in [6.45, 7) is 3.19. The fraction of sp³-hybridized carbons (Fsp3) is 0.583. The van der Waals surface area contributed by atoms with Crippen LogP contribution in [0, 0.1) is 0 Å². The van der Waals surface area contributed by atoms with Crippen molar-refractivity contribution in [2.45, 2.75) is 30.2 Å². The summed E-state index contributed by atoms with van der Waals surface area (Å²) in [5.74, 6) is -5.25. The third kappa shape index (κ3) is 5.54. The highest BCUT2D eigenvalue weighted by atomic mass is 35.5. The van der Waals surface area contributed by atoms with E-state index in [4.69, 9.17) is 16.3 Å². The topological polar surface area (TPSA) is 48.9 Å². The lowest BCUT2D eigenvalue weighted by atomic mass is 9.91. The largest absolute Gasteiger partial charge is 0.472 e. The van der Waals surface area contributed by atoms with Crippen molar-refractivity contribution in [3.8, 4) is 0 Å². The normalized spacial score (nSPS) is 19.6. The number of ether oxygens (including phenoxy) is 1. The summed E-state index contributed by atoms with van der Waals surface area (Å²) in [7, 11) is 2.27. The molecule has 0 amide bonds. The van der Waals surface area contributed by atoms with Crippen molar-refractivity contribution in [3.05, 3.63) is 24.4 Å². The van der Waals surface area contributed by atoms with Gasteiger partial charge in [-0.05, 0) is 17.7 Å². The van der Waals surface area contributed by atoms with Crippen molar-refractivity contribution in [1.82, 2.24) is 16.0 Å². The number of aliphatic imine (C=N–C) groups is 1. The number of hydrogen-bond acceptors (Lipinski definition) is 4. The van der Waals surface area contributed by atoms with Crippen LogP contribution in [0.15, 0.2) is 29.4 Å². The van der Waals surface area contributed by atoms with Gasteiger partial charge in [-0.25, -0.2) is 13.2 Å². The van der Waals surface area contributed by atoms with Crippen molar-refractivity contribution in [2.24, 2.45) is 4.99 Å². The van der Waals surface area contributed by atoms with E-state index < -0.39 is 47.8 Å². The first-order valence-corrected chi connectivity index (χ1v) is 6.74. The Kier molecular flexibility index (Phi) is 6.23. The van der Waals surface area contributed by atoms with E-state index in [2.05, 4.69) is 17.1 Å². The van der Waals surface area contributed by atoms with Crippen LogP contribution < -0.4 is 11.0 Å². The van der Waals surface area contributed by atoms with E-state index in [0.29, 0.717) is 0 Å². The molecule has 1 fully saturated rings. The van der Waals surface area contributed by atoms with Crippen LogP contribution in [-0.2, 0) is 4.74 Å². The number of amidine groups is 1. The van der Waals surface area contributed by atoms with Gasteiger partial charge in [0, 0.05) is 26.9 Å². The zero-order valence-electron chi connectivity index (χ0n) is 12.3. The maximum Gasteiger partial charge on any atom is 0.380 e. The predicted molar refractivity (Wildman–Crippen MR) is 75.6 cm³/mol. The molecule has 2 N–H and O–H groups in total. The molecule has 1 saturated carbocycles. The Morgan fingerprint density at radius 2 is 2.04 bits per heavy atom. The zero-order chi connectivity index (χ0) is 17.8. The zero-order valence-corrected chi connectivity index (χ0v) is 13.1. The van der Waals surface area contributed by atoms with Crippen LogP contribution in [-0.4, -0.2) is 42.3 Å². The summed E-state index contributed by atoms with van der Waals surface area (Å²) in [6, 6.07) is 0. The number of allylic oxidation sites excluding steroid dienone is 2. The van der Waals surface area contributed by atoms with E-state index >= 15 is 0 Å². The van der Waals surface area contributed by atoms with E-state index in [1.165, 1.54) is 7.05 Å². The van der Waals surface area contributed by atoms with Crippen molar-refractivity contribution in [1.29, 1.82) is 0 Å². The number of nitrogens with one attached hydrogen (secondary N) is 2. The molecule has 23 heavy (non-hydrogen) atoms. The van der Waals surface area contributed by atoms with Crippen LogP contribution in [0.25, 0.3) is 0 Å². The van der Waals surface area contributed by atoms with E-state index in [-0.39, 0.29) is 0 Å². The molecule has 0 saturated heterocycles. The van der Waals surface area contributed by atoms with E-state index in [1.807, 2.05) is 5.43 Å². The number of halogens is 6. The second-order valence-corrected chi connectivity index (χ2v) is 5.20. The van der Waals surface area contributed by atoms with Gasteiger partial charge in [-0.3, -0.25) is 15.4 Å². The molecule has 0 atom stereocenters. The average Bonchev–Trinajstić information content (AvgIpc) is 2.40. The van der Waals surface area contributed by atoms with Gasteiger partial charge in [-0.2, -0.15) is 8.78 Å². The van der Waals surface area contributed by atoms with Crippen LogP contribution in [0.5, 0.6) is 0 Å². The smallest absolute Gasteiger partial charge is 0.380 e. The molecule has 0 aromatic rings. The maximum absolute atomic E-state index is 13.7. The molecule has 1 aliphatic rings. The van der Waals surface area contributed by atoms with Crippen LogP contribution in [0.1, 0.15) is 12.8 Å². The van der Waals surface area contributed by atoms with Crippen molar-refractivity contribution >= 4 is 17.4 Å². The molecule has 0 unspecified atom stereocenters. The van der Waals surface area contributed by atoms with Crippen LogP contribution in [0.4, 0.5) is 22.0 Å². The third-order valence-electron chi connectivity index (χ3n) is 2.85. The van der Waals surface area contributed by atoms with Crippen molar-refractivity contribution in [3.63, 3.8) is 0 Å². The van der Waals surface area contributed by atoms with E-state index in [0.717, 1.165) is 18.1 Å². The molecule has 0 aromatic carbocycles. The van der Waals surface area contributed by atoms with Gasteiger partial charge >= 0.3 is 5.38 Å². The minimum Gasteiger partial charge on any atom is -0.472 e. The second-order valence-electron chi connectivity index (χ2n) is 4.73. The molecule has 132 valence electrons. The lowest BCUT2D eigenvalue weighted by molar-refractivity contribution is -0.162. The predicted octanol–water partition coefficient (Wildman–Crippen LogP) is 2.93. The second kappa shape index (κ2) is 7.35. The number of rotatable bonds is 7. The van der Waals surface area contributed by atoms with Gasteiger partial charge in [0.25, 0.3) is 5.92 Å². The van der Waals surface area contributed by atoms with E-state index in [1.54, 1.807) is 0 Å². The number of nitrogens with zero attached hydrogens (tertiary/aromatic N) is 2. The Bertz CT molecular complexity index is 498. The van der Waals surface area contributed by atoms with E-state index in [9.17, 15) is 22.0 Å². The number of alkyl halides is 5. The maximum atomic E-state index is 13.7. The number of hydrogen-bond donors (Lipinski definition) is 2.